The van der Waals surface area contributed by atoms with E-state index in [-0.39, 0.29) is 6.04 Å². The molecule has 9 nitrogen and oxygen atoms in total. The highest BCUT2D eigenvalue weighted by molar-refractivity contribution is 5.93. The molecule has 0 amide bonds. The largest absolute Gasteiger partial charge is 0.334 e. The minimum Gasteiger partial charge on any atom is -0.334 e. The fourth-order valence-corrected chi connectivity index (χ4v) is 3.77. The van der Waals surface area contributed by atoms with Crippen LogP contribution in [0.2, 0.25) is 0 Å². The predicted octanol–water partition coefficient (Wildman–Crippen LogP) is 4.44. The molecule has 0 saturated heterocycles. The Morgan fingerprint density at radius 2 is 1.88 bits per heavy atom. The summed E-state index contributed by atoms with van der Waals surface area (Å²) in [6.07, 6.45) is 8.70. The number of rotatable bonds is 4. The number of aromatic nitrogens is 8. The highest BCUT2D eigenvalue weighted by Crippen LogP contribution is 2.33. The molecule has 0 atom stereocenters. The molecule has 156 valence electrons. The highest BCUT2D eigenvalue weighted by Gasteiger charge is 2.20. The second kappa shape index (κ2) is 7.09. The zero-order valence-electron chi connectivity index (χ0n) is 17.4. The second-order valence-electron chi connectivity index (χ2n) is 7.71. The van der Waals surface area contributed by atoms with Crippen molar-refractivity contribution in [2.75, 3.05) is 0 Å². The Morgan fingerprint density at radius 3 is 2.72 bits per heavy atom. The summed E-state index contributed by atoms with van der Waals surface area (Å²) in [7, 11) is 0. The number of hydrogen-bond acceptors (Lipinski definition) is 7. The molecule has 0 spiro atoms. The summed E-state index contributed by atoms with van der Waals surface area (Å²) < 4.78 is 9.48. The van der Waals surface area contributed by atoms with E-state index in [2.05, 4.69) is 39.1 Å². The Morgan fingerprint density at radius 1 is 1.00 bits per heavy atom. The number of nitrogens with zero attached hydrogens (tertiary/aromatic N) is 8. The first-order chi connectivity index (χ1) is 15.7. The molecule has 0 aliphatic rings. The highest BCUT2D eigenvalue weighted by atomic mass is 16.5. The summed E-state index contributed by atoms with van der Waals surface area (Å²) in [5, 5.41) is 9.64. The summed E-state index contributed by atoms with van der Waals surface area (Å²) in [6, 6.07) is 12.1. The first-order valence-corrected chi connectivity index (χ1v) is 10.2. The lowest BCUT2D eigenvalue weighted by atomic mass is 10.1. The van der Waals surface area contributed by atoms with Gasteiger partial charge in [-0.15, -0.1) is 0 Å². The van der Waals surface area contributed by atoms with Crippen LogP contribution >= 0.6 is 0 Å². The van der Waals surface area contributed by atoms with Gasteiger partial charge >= 0.3 is 0 Å². The Labute approximate surface area is 182 Å². The molecule has 0 aliphatic heterocycles. The summed E-state index contributed by atoms with van der Waals surface area (Å²) >= 11 is 0. The van der Waals surface area contributed by atoms with E-state index in [0.717, 1.165) is 33.5 Å². The van der Waals surface area contributed by atoms with Crippen LogP contribution < -0.4 is 0 Å². The van der Waals surface area contributed by atoms with Crippen LogP contribution in [0.3, 0.4) is 0 Å². The van der Waals surface area contributed by atoms with Crippen LogP contribution in [0, 0.1) is 0 Å². The van der Waals surface area contributed by atoms with Gasteiger partial charge in [0.1, 0.15) is 5.69 Å². The minimum absolute atomic E-state index is 0.156. The molecule has 0 bridgehead atoms. The van der Waals surface area contributed by atoms with Gasteiger partial charge in [0.25, 0.3) is 5.89 Å². The van der Waals surface area contributed by atoms with E-state index < -0.39 is 0 Å². The van der Waals surface area contributed by atoms with Crippen molar-refractivity contribution in [2.24, 2.45) is 0 Å². The fourth-order valence-electron chi connectivity index (χ4n) is 3.77. The monoisotopic (exact) mass is 422 g/mol. The van der Waals surface area contributed by atoms with Crippen LogP contribution in [0.5, 0.6) is 0 Å². The summed E-state index contributed by atoms with van der Waals surface area (Å²) in [5.74, 6) is 0.845. The van der Waals surface area contributed by atoms with Crippen LogP contribution in [0.4, 0.5) is 0 Å². The second-order valence-corrected chi connectivity index (χ2v) is 7.71. The average Bonchev–Trinajstić information content (AvgIpc) is 3.56. The molecule has 0 N–H and O–H groups in total. The maximum absolute atomic E-state index is 5.71. The average molecular weight is 422 g/mol. The first kappa shape index (κ1) is 18.4. The molecule has 5 aromatic heterocycles. The van der Waals surface area contributed by atoms with Crippen molar-refractivity contribution >= 4 is 16.7 Å². The number of imidazole rings is 1. The van der Waals surface area contributed by atoms with Gasteiger partial charge in [-0.05, 0) is 19.9 Å². The molecule has 0 radical (unpaired) electrons. The molecule has 1 aromatic carbocycles. The van der Waals surface area contributed by atoms with Crippen LogP contribution in [0.15, 0.2) is 71.9 Å². The predicted molar refractivity (Wildman–Crippen MR) is 119 cm³/mol. The molecule has 6 rings (SSSR count). The van der Waals surface area contributed by atoms with Gasteiger partial charge in [0.15, 0.2) is 11.3 Å². The van der Waals surface area contributed by atoms with Gasteiger partial charge in [0, 0.05) is 24.0 Å². The van der Waals surface area contributed by atoms with Gasteiger partial charge in [-0.1, -0.05) is 35.5 Å². The van der Waals surface area contributed by atoms with Crippen LogP contribution in [0.25, 0.3) is 50.9 Å². The van der Waals surface area contributed by atoms with Crippen molar-refractivity contribution in [3.05, 3.63) is 67.4 Å². The third-order valence-electron chi connectivity index (χ3n) is 5.33. The normalized spacial score (nSPS) is 11.7. The molecule has 0 unspecified atom stereocenters. The third kappa shape index (κ3) is 2.86. The molecular formula is C23H18N8O. The molecule has 32 heavy (non-hydrogen) atoms. The Kier molecular flexibility index (Phi) is 4.07. The van der Waals surface area contributed by atoms with Crippen LogP contribution in [0.1, 0.15) is 19.9 Å². The van der Waals surface area contributed by atoms with E-state index in [1.807, 2.05) is 51.7 Å². The van der Waals surface area contributed by atoms with Crippen molar-refractivity contribution in [1.29, 1.82) is 0 Å². The zero-order chi connectivity index (χ0) is 21.7. The summed E-state index contributed by atoms with van der Waals surface area (Å²) in [5.41, 5.74) is 4.82. The third-order valence-corrected chi connectivity index (χ3v) is 5.33. The lowest BCUT2D eigenvalue weighted by molar-refractivity contribution is 0.432. The van der Waals surface area contributed by atoms with Gasteiger partial charge in [-0.3, -0.25) is 9.38 Å². The standard InChI is InChI=1S/C23H18N8O/c1-14(2)31-22-17(11-26-31)16(10-18(27-22)15-6-4-3-5-7-15)23-28-21(29-32-23)19-12-25-20-13-24-8-9-30(19)20/h3-14H,1-2H3. The summed E-state index contributed by atoms with van der Waals surface area (Å²) in [4.78, 5) is 18.0. The van der Waals surface area contributed by atoms with E-state index in [1.165, 1.54) is 0 Å². The number of pyridine rings is 1. The zero-order valence-corrected chi connectivity index (χ0v) is 17.4. The van der Waals surface area contributed by atoms with Gasteiger partial charge < -0.3 is 4.52 Å². The maximum atomic E-state index is 5.71. The van der Waals surface area contributed by atoms with Gasteiger partial charge in [-0.25, -0.2) is 14.6 Å². The van der Waals surface area contributed by atoms with Crippen molar-refractivity contribution in [1.82, 2.24) is 39.3 Å². The van der Waals surface area contributed by atoms with Crippen LogP contribution in [-0.2, 0) is 0 Å². The molecule has 6 aromatic rings. The van der Waals surface area contributed by atoms with E-state index >= 15 is 0 Å². The molecule has 5 heterocycles. The number of fused-ring (bicyclic) bond motifs is 2. The summed E-state index contributed by atoms with van der Waals surface area (Å²) in [6.45, 7) is 4.15. The van der Waals surface area contributed by atoms with Crippen molar-refractivity contribution in [2.45, 2.75) is 19.9 Å². The maximum Gasteiger partial charge on any atom is 0.259 e. The van der Waals surface area contributed by atoms with E-state index in [9.17, 15) is 0 Å². The lowest BCUT2D eigenvalue weighted by Crippen LogP contribution is -2.04. The molecule has 0 saturated carbocycles. The first-order valence-electron chi connectivity index (χ1n) is 10.2. The van der Waals surface area contributed by atoms with Gasteiger partial charge in [-0.2, -0.15) is 10.1 Å². The lowest BCUT2D eigenvalue weighted by Gasteiger charge is -2.09. The Bertz CT molecular complexity index is 1560. The number of benzene rings is 1. The van der Waals surface area contributed by atoms with Crippen molar-refractivity contribution < 1.29 is 4.52 Å². The van der Waals surface area contributed by atoms with Crippen molar-refractivity contribution in [3.63, 3.8) is 0 Å². The molecule has 0 aliphatic carbocycles. The number of hydrogen-bond donors (Lipinski definition) is 0. The van der Waals surface area contributed by atoms with E-state index in [1.54, 1.807) is 24.8 Å². The Hall–Kier alpha value is -4.40. The SMILES string of the molecule is CC(C)n1ncc2c(-c3nc(-c4cnc5cnccn45)no3)cc(-c3ccccc3)nc21. The smallest absolute Gasteiger partial charge is 0.259 e. The Balaban J connectivity index is 1.55. The minimum atomic E-state index is 0.156. The molecule has 9 heteroatoms. The molecular weight excluding hydrogens is 404 g/mol. The quantitative estimate of drug-likeness (QED) is 0.414. The molecule has 0 fully saturated rings. The van der Waals surface area contributed by atoms with E-state index in [4.69, 9.17) is 9.51 Å². The van der Waals surface area contributed by atoms with Crippen LogP contribution in [-0.4, -0.2) is 39.3 Å². The van der Waals surface area contributed by atoms with Gasteiger partial charge in [0.05, 0.1) is 35.2 Å². The van der Waals surface area contributed by atoms with E-state index in [0.29, 0.717) is 17.4 Å². The fraction of sp³-hybridized carbons (Fsp3) is 0.130. The topological polar surface area (TPSA) is 99.8 Å². The van der Waals surface area contributed by atoms with Crippen molar-refractivity contribution in [3.8, 4) is 34.2 Å². The van der Waals surface area contributed by atoms with Gasteiger partial charge in [0.2, 0.25) is 5.82 Å².